The van der Waals surface area contributed by atoms with Gasteiger partial charge in [-0.1, -0.05) is 30.3 Å². The van der Waals surface area contributed by atoms with E-state index in [1.165, 1.54) is 9.75 Å². The number of alkyl carbamates (subject to hydrolysis) is 1. The third-order valence-electron chi connectivity index (χ3n) is 5.33. The lowest BCUT2D eigenvalue weighted by Gasteiger charge is -2.30. The molecule has 2 atom stereocenters. The molecule has 1 saturated heterocycles. The fraction of sp³-hybridized carbons (Fsp3) is 0.455. The standard InChI is InChI=1S/C22H28N6O5/c1-22(2,3)33-20(30)24-9-16-19-15(10-26(25-19)12-18(23)29)17-11-27(16)21(31)28(17)32-13-14-7-5-4-6-8-14/h4-8,10,16-17H,9,11-13H2,1-3H3,(H2,23,29)(H,24,30)/t16?,17-/m1/s1. The number of nitrogens with two attached hydrogens (primary N) is 1. The maximum Gasteiger partial charge on any atom is 0.407 e. The molecule has 33 heavy (non-hydrogen) atoms. The SMILES string of the molecule is CC(C)(C)OC(=O)NCC1c2nn(CC(N)=O)cc2[C@H]2CN1C(=O)N2OCc1ccccc1. The lowest BCUT2D eigenvalue weighted by molar-refractivity contribution is -0.141. The summed E-state index contributed by atoms with van der Waals surface area (Å²) in [7, 11) is 0. The number of urea groups is 1. The molecule has 11 nitrogen and oxygen atoms in total. The Kier molecular flexibility index (Phi) is 5.98. The van der Waals surface area contributed by atoms with E-state index in [4.69, 9.17) is 15.3 Å². The van der Waals surface area contributed by atoms with E-state index in [1.54, 1.807) is 31.9 Å². The van der Waals surface area contributed by atoms with Crippen LogP contribution in [-0.2, 0) is 27.5 Å². The van der Waals surface area contributed by atoms with E-state index in [0.29, 0.717) is 12.2 Å². The molecule has 4 amide bonds. The van der Waals surface area contributed by atoms with E-state index in [2.05, 4.69) is 10.4 Å². The molecule has 2 aliphatic rings. The van der Waals surface area contributed by atoms with E-state index in [0.717, 1.165) is 11.1 Å². The molecule has 0 spiro atoms. The highest BCUT2D eigenvalue weighted by molar-refractivity contribution is 5.78. The van der Waals surface area contributed by atoms with Gasteiger partial charge in [-0.2, -0.15) is 10.2 Å². The van der Waals surface area contributed by atoms with Gasteiger partial charge >= 0.3 is 12.1 Å². The highest BCUT2D eigenvalue weighted by Crippen LogP contribution is 2.43. The van der Waals surface area contributed by atoms with Crippen molar-refractivity contribution < 1.29 is 24.0 Å². The van der Waals surface area contributed by atoms with E-state index >= 15 is 0 Å². The molecule has 1 aromatic carbocycles. The number of benzene rings is 1. The number of ether oxygens (including phenoxy) is 1. The van der Waals surface area contributed by atoms with Gasteiger partial charge in [0.15, 0.2) is 0 Å². The van der Waals surface area contributed by atoms with Gasteiger partial charge in [-0.3, -0.25) is 14.3 Å². The predicted octanol–water partition coefficient (Wildman–Crippen LogP) is 1.86. The van der Waals surface area contributed by atoms with Gasteiger partial charge in [-0.15, -0.1) is 0 Å². The molecular weight excluding hydrogens is 428 g/mol. The number of carbonyl (C=O) groups is 3. The molecule has 1 fully saturated rings. The highest BCUT2D eigenvalue weighted by atomic mass is 16.7. The summed E-state index contributed by atoms with van der Waals surface area (Å²) in [6, 6.07) is 8.28. The van der Waals surface area contributed by atoms with Crippen LogP contribution in [-0.4, -0.2) is 56.5 Å². The van der Waals surface area contributed by atoms with Crippen molar-refractivity contribution in [1.29, 1.82) is 0 Å². The molecule has 1 aromatic heterocycles. The molecule has 2 bridgehead atoms. The highest BCUT2D eigenvalue weighted by Gasteiger charge is 2.50. The second-order valence-electron chi connectivity index (χ2n) is 9.07. The number of primary amides is 1. The first kappa shape index (κ1) is 22.6. The summed E-state index contributed by atoms with van der Waals surface area (Å²) in [5.74, 6) is -0.531. The van der Waals surface area contributed by atoms with Crippen LogP contribution in [0.15, 0.2) is 36.5 Å². The number of rotatable bonds is 7. The van der Waals surface area contributed by atoms with Crippen molar-refractivity contribution in [2.45, 2.75) is 51.6 Å². The predicted molar refractivity (Wildman–Crippen MR) is 116 cm³/mol. The average Bonchev–Trinajstić information content (AvgIpc) is 3.26. The Morgan fingerprint density at radius 3 is 2.64 bits per heavy atom. The van der Waals surface area contributed by atoms with Gasteiger partial charge in [-0.05, 0) is 26.3 Å². The monoisotopic (exact) mass is 456 g/mol. The third kappa shape index (κ3) is 4.92. The van der Waals surface area contributed by atoms with Gasteiger partial charge in [0.05, 0.1) is 18.3 Å². The maximum atomic E-state index is 13.2. The maximum absolute atomic E-state index is 13.2. The van der Waals surface area contributed by atoms with Crippen molar-refractivity contribution in [3.05, 3.63) is 53.3 Å². The van der Waals surface area contributed by atoms with E-state index in [1.807, 2.05) is 30.3 Å². The van der Waals surface area contributed by atoms with Crippen LogP contribution >= 0.6 is 0 Å². The molecule has 4 rings (SSSR count). The zero-order valence-electron chi connectivity index (χ0n) is 18.9. The Morgan fingerprint density at radius 2 is 1.97 bits per heavy atom. The molecule has 176 valence electrons. The fourth-order valence-corrected chi connectivity index (χ4v) is 4.00. The smallest absolute Gasteiger partial charge is 0.407 e. The molecule has 3 N–H and O–H groups in total. The Hall–Kier alpha value is -3.60. The second kappa shape index (κ2) is 8.74. The van der Waals surface area contributed by atoms with Crippen LogP contribution in [0.3, 0.4) is 0 Å². The molecule has 3 heterocycles. The van der Waals surface area contributed by atoms with Crippen molar-refractivity contribution >= 4 is 18.0 Å². The molecule has 0 radical (unpaired) electrons. The number of fused-ring (bicyclic) bond motifs is 4. The quantitative estimate of drug-likeness (QED) is 0.654. The van der Waals surface area contributed by atoms with Crippen LogP contribution < -0.4 is 11.1 Å². The minimum atomic E-state index is -0.651. The number of hydroxylamine groups is 2. The number of nitrogens with zero attached hydrogens (tertiary/aromatic N) is 4. The minimum absolute atomic E-state index is 0.0925. The summed E-state index contributed by atoms with van der Waals surface area (Å²) in [4.78, 5) is 44.4. The van der Waals surface area contributed by atoms with Crippen molar-refractivity contribution in [3.8, 4) is 0 Å². The largest absolute Gasteiger partial charge is 0.444 e. The summed E-state index contributed by atoms with van der Waals surface area (Å²) in [5, 5.41) is 8.56. The Morgan fingerprint density at radius 1 is 1.24 bits per heavy atom. The fourth-order valence-electron chi connectivity index (χ4n) is 4.00. The zero-order valence-corrected chi connectivity index (χ0v) is 18.9. The van der Waals surface area contributed by atoms with Gasteiger partial charge in [-0.25, -0.2) is 9.59 Å². The topological polar surface area (TPSA) is 132 Å². The van der Waals surface area contributed by atoms with Crippen LogP contribution in [0.1, 0.15) is 49.7 Å². The summed E-state index contributed by atoms with van der Waals surface area (Å²) in [6.07, 6.45) is 1.12. The van der Waals surface area contributed by atoms with Gasteiger partial charge in [0.2, 0.25) is 5.91 Å². The van der Waals surface area contributed by atoms with Crippen molar-refractivity contribution in [1.82, 2.24) is 25.1 Å². The molecular formula is C22H28N6O5. The first-order valence-corrected chi connectivity index (χ1v) is 10.7. The van der Waals surface area contributed by atoms with Crippen LogP contribution in [0.2, 0.25) is 0 Å². The number of carbonyl (C=O) groups excluding carboxylic acids is 3. The number of aromatic nitrogens is 2. The number of hydrogen-bond acceptors (Lipinski definition) is 6. The van der Waals surface area contributed by atoms with Crippen molar-refractivity contribution in [2.24, 2.45) is 5.73 Å². The summed E-state index contributed by atoms with van der Waals surface area (Å²) in [6.45, 7) is 5.91. The molecule has 2 aliphatic heterocycles. The zero-order chi connectivity index (χ0) is 23.8. The van der Waals surface area contributed by atoms with Crippen LogP contribution in [0.5, 0.6) is 0 Å². The van der Waals surface area contributed by atoms with Gasteiger partial charge in [0.25, 0.3) is 0 Å². The molecule has 0 saturated carbocycles. The minimum Gasteiger partial charge on any atom is -0.444 e. The van der Waals surface area contributed by atoms with E-state index in [9.17, 15) is 14.4 Å². The second-order valence-corrected chi connectivity index (χ2v) is 9.07. The third-order valence-corrected chi connectivity index (χ3v) is 5.33. The number of hydrogen-bond donors (Lipinski definition) is 2. The lowest BCUT2D eigenvalue weighted by atomic mass is 9.98. The summed E-state index contributed by atoms with van der Waals surface area (Å²) < 4.78 is 6.77. The Balaban J connectivity index is 1.57. The van der Waals surface area contributed by atoms with Gasteiger partial charge < -0.3 is 20.7 Å². The summed E-state index contributed by atoms with van der Waals surface area (Å²) in [5.41, 5.74) is 6.95. The molecule has 2 aromatic rings. The van der Waals surface area contributed by atoms with Gasteiger partial charge in [0, 0.05) is 18.3 Å². The molecule has 1 unspecified atom stereocenters. The van der Waals surface area contributed by atoms with Crippen LogP contribution in [0, 0.1) is 0 Å². The first-order valence-electron chi connectivity index (χ1n) is 10.7. The number of nitrogens with one attached hydrogen (secondary N) is 1. The molecule has 0 aliphatic carbocycles. The van der Waals surface area contributed by atoms with Crippen molar-refractivity contribution in [3.63, 3.8) is 0 Å². The molecule has 11 heteroatoms. The van der Waals surface area contributed by atoms with Crippen LogP contribution in [0.25, 0.3) is 0 Å². The Bertz CT molecular complexity index is 1050. The first-order chi connectivity index (χ1) is 15.6. The van der Waals surface area contributed by atoms with E-state index in [-0.39, 0.29) is 25.7 Å². The van der Waals surface area contributed by atoms with Crippen molar-refractivity contribution in [2.75, 3.05) is 13.1 Å². The normalized spacial score (nSPS) is 19.4. The number of amides is 4. The van der Waals surface area contributed by atoms with Crippen LogP contribution in [0.4, 0.5) is 9.59 Å². The van der Waals surface area contributed by atoms with Gasteiger partial charge in [0.1, 0.15) is 24.8 Å². The Labute approximate surface area is 191 Å². The lowest BCUT2D eigenvalue weighted by Crippen LogP contribution is -2.42. The van der Waals surface area contributed by atoms with E-state index < -0.39 is 29.7 Å². The average molecular weight is 457 g/mol. The summed E-state index contributed by atoms with van der Waals surface area (Å²) >= 11 is 0.